The van der Waals surface area contributed by atoms with Gasteiger partial charge in [0.2, 0.25) is 5.91 Å². The van der Waals surface area contributed by atoms with Gasteiger partial charge in [0.25, 0.3) is 0 Å². The molecule has 0 radical (unpaired) electrons. The first-order chi connectivity index (χ1) is 15.9. The van der Waals surface area contributed by atoms with E-state index < -0.39 is 29.2 Å². The van der Waals surface area contributed by atoms with E-state index in [0.29, 0.717) is 22.7 Å². The number of hydrogen-bond acceptors (Lipinski definition) is 5. The third kappa shape index (κ3) is 5.16. The van der Waals surface area contributed by atoms with Crippen LogP contribution < -0.4 is 10.6 Å². The molecule has 182 valence electrons. The molecule has 3 aromatic rings. The van der Waals surface area contributed by atoms with Crippen LogP contribution in [0, 0.1) is 5.41 Å². The molecule has 2 atom stereocenters. The Balaban J connectivity index is 1.65. The Morgan fingerprint density at radius 3 is 2.53 bits per heavy atom. The first kappa shape index (κ1) is 24.0. The predicted octanol–water partition coefficient (Wildman–Crippen LogP) is 5.12. The molecule has 2 aromatic heterocycles. The Morgan fingerprint density at radius 2 is 1.85 bits per heavy atom. The molecule has 1 saturated carbocycles. The van der Waals surface area contributed by atoms with Gasteiger partial charge in [-0.2, -0.15) is 13.2 Å². The number of anilines is 2. The molecule has 1 aliphatic carbocycles. The van der Waals surface area contributed by atoms with Gasteiger partial charge >= 0.3 is 6.18 Å². The van der Waals surface area contributed by atoms with Gasteiger partial charge in [0, 0.05) is 11.0 Å². The number of aliphatic hydroxyl groups is 1. The Morgan fingerprint density at radius 1 is 1.12 bits per heavy atom. The smallest absolute Gasteiger partial charge is 0.391 e. The molecule has 0 saturated heterocycles. The lowest BCUT2D eigenvalue weighted by molar-refractivity contribution is -0.137. The quantitative estimate of drug-likeness (QED) is 0.488. The Bertz CT molecular complexity index is 1200. The SMILES string of the molecule is CC(C)(C)C(=O)Nc1cc(-c2cn3nc(NC4CCCCC4O)ccc3n2)ccc1C(F)(F)F. The fourth-order valence-corrected chi connectivity index (χ4v) is 3.93. The van der Waals surface area contributed by atoms with Crippen molar-refractivity contribution in [3.63, 3.8) is 0 Å². The van der Waals surface area contributed by atoms with Crippen molar-refractivity contribution in [2.45, 2.75) is 64.8 Å². The zero-order chi connectivity index (χ0) is 24.7. The minimum atomic E-state index is -4.62. The summed E-state index contributed by atoms with van der Waals surface area (Å²) < 4.78 is 42.2. The average Bonchev–Trinajstić information content (AvgIpc) is 3.17. The highest BCUT2D eigenvalue weighted by atomic mass is 19.4. The molecule has 7 nitrogen and oxygen atoms in total. The Hall–Kier alpha value is -3.14. The molecule has 34 heavy (non-hydrogen) atoms. The van der Waals surface area contributed by atoms with Gasteiger partial charge in [-0.25, -0.2) is 9.50 Å². The van der Waals surface area contributed by atoms with E-state index in [0.717, 1.165) is 31.7 Å². The lowest BCUT2D eigenvalue weighted by Crippen LogP contribution is -2.36. The van der Waals surface area contributed by atoms with E-state index in [1.54, 1.807) is 39.1 Å². The second-order valence-electron chi connectivity index (χ2n) is 9.71. The third-order valence-electron chi connectivity index (χ3n) is 5.93. The highest BCUT2D eigenvalue weighted by molar-refractivity contribution is 5.96. The number of amides is 1. The summed E-state index contributed by atoms with van der Waals surface area (Å²) in [4.78, 5) is 16.9. The summed E-state index contributed by atoms with van der Waals surface area (Å²) in [5.74, 6) is 0.0559. The number of imidazole rings is 1. The van der Waals surface area contributed by atoms with Crippen LogP contribution in [0.1, 0.15) is 52.0 Å². The number of alkyl halides is 3. The topological polar surface area (TPSA) is 91.6 Å². The summed E-state index contributed by atoms with van der Waals surface area (Å²) in [5.41, 5.74) is -0.745. The van der Waals surface area contributed by atoms with Crippen LogP contribution >= 0.6 is 0 Å². The normalized spacial score (nSPS) is 19.3. The number of nitrogens with zero attached hydrogens (tertiary/aromatic N) is 3. The number of hydrogen-bond donors (Lipinski definition) is 3. The van der Waals surface area contributed by atoms with Crippen LogP contribution in [0.3, 0.4) is 0 Å². The first-order valence-electron chi connectivity index (χ1n) is 11.3. The van der Waals surface area contributed by atoms with Crippen molar-refractivity contribution >= 4 is 23.1 Å². The van der Waals surface area contributed by atoms with Crippen LogP contribution in [0.5, 0.6) is 0 Å². The molecule has 3 N–H and O–H groups in total. The fraction of sp³-hybridized carbons (Fsp3) is 0.458. The summed E-state index contributed by atoms with van der Waals surface area (Å²) in [5, 5.41) is 20.4. The number of carbonyl (C=O) groups is 1. The first-order valence-corrected chi connectivity index (χ1v) is 11.3. The fourth-order valence-electron chi connectivity index (χ4n) is 3.93. The number of nitrogens with one attached hydrogen (secondary N) is 2. The second-order valence-corrected chi connectivity index (χ2v) is 9.71. The third-order valence-corrected chi connectivity index (χ3v) is 5.93. The molecular formula is C24H28F3N5O2. The Labute approximate surface area is 195 Å². The minimum Gasteiger partial charge on any atom is -0.391 e. The number of benzene rings is 1. The lowest BCUT2D eigenvalue weighted by atomic mass is 9.93. The van der Waals surface area contributed by atoms with Crippen molar-refractivity contribution in [3.05, 3.63) is 42.1 Å². The zero-order valence-corrected chi connectivity index (χ0v) is 19.3. The number of aromatic nitrogens is 3. The van der Waals surface area contributed by atoms with E-state index >= 15 is 0 Å². The van der Waals surface area contributed by atoms with Gasteiger partial charge in [-0.05, 0) is 37.1 Å². The number of aliphatic hydroxyl groups excluding tert-OH is 1. The van der Waals surface area contributed by atoms with Crippen molar-refractivity contribution in [3.8, 4) is 11.3 Å². The molecule has 0 bridgehead atoms. The summed E-state index contributed by atoms with van der Waals surface area (Å²) in [6, 6.07) is 6.99. The van der Waals surface area contributed by atoms with Crippen LogP contribution in [0.15, 0.2) is 36.5 Å². The number of fused-ring (bicyclic) bond motifs is 1. The zero-order valence-electron chi connectivity index (χ0n) is 19.3. The molecule has 1 amide bonds. The van der Waals surface area contributed by atoms with Crippen LogP contribution in [-0.2, 0) is 11.0 Å². The highest BCUT2D eigenvalue weighted by Crippen LogP contribution is 2.38. The van der Waals surface area contributed by atoms with Crippen molar-refractivity contribution in [1.29, 1.82) is 0 Å². The minimum absolute atomic E-state index is 0.0782. The van der Waals surface area contributed by atoms with Crippen LogP contribution in [0.25, 0.3) is 16.9 Å². The lowest BCUT2D eigenvalue weighted by Gasteiger charge is -2.28. The van der Waals surface area contributed by atoms with Crippen molar-refractivity contribution in [1.82, 2.24) is 14.6 Å². The molecule has 1 aromatic carbocycles. The van der Waals surface area contributed by atoms with Crippen molar-refractivity contribution in [2.75, 3.05) is 10.6 Å². The van der Waals surface area contributed by atoms with Crippen LogP contribution in [0.4, 0.5) is 24.7 Å². The summed E-state index contributed by atoms with van der Waals surface area (Å²) >= 11 is 0. The molecule has 4 rings (SSSR count). The number of carbonyl (C=O) groups excluding carboxylic acids is 1. The van der Waals surface area contributed by atoms with E-state index in [1.165, 1.54) is 16.6 Å². The Kier molecular flexibility index (Phi) is 6.28. The molecular weight excluding hydrogens is 447 g/mol. The largest absolute Gasteiger partial charge is 0.418 e. The van der Waals surface area contributed by atoms with Gasteiger partial charge in [0.05, 0.1) is 35.3 Å². The number of halogens is 3. The summed E-state index contributed by atoms with van der Waals surface area (Å²) in [6.07, 6.45) is 0.204. The van der Waals surface area contributed by atoms with Gasteiger partial charge in [0.1, 0.15) is 5.82 Å². The van der Waals surface area contributed by atoms with Crippen molar-refractivity contribution < 1.29 is 23.1 Å². The van der Waals surface area contributed by atoms with E-state index in [1.807, 2.05) is 0 Å². The van der Waals surface area contributed by atoms with E-state index in [9.17, 15) is 23.1 Å². The standard InChI is InChI=1S/C24H28F3N5O2/c1-23(2,3)22(34)30-17-12-14(8-9-15(17)24(25,26)27)18-13-32-21(29-18)11-10-20(31-32)28-16-6-4-5-7-19(16)33/h8-13,16,19,33H,4-7H2,1-3H3,(H,28,31)(H,30,34). The van der Waals surface area contributed by atoms with Gasteiger partial charge in [-0.3, -0.25) is 4.79 Å². The average molecular weight is 476 g/mol. The molecule has 1 aliphatic rings. The van der Waals surface area contributed by atoms with Crippen LogP contribution in [0.2, 0.25) is 0 Å². The maximum Gasteiger partial charge on any atom is 0.418 e. The van der Waals surface area contributed by atoms with Gasteiger partial charge in [-0.15, -0.1) is 5.10 Å². The van der Waals surface area contributed by atoms with E-state index in [4.69, 9.17) is 0 Å². The maximum atomic E-state index is 13.6. The van der Waals surface area contributed by atoms with Gasteiger partial charge in [-0.1, -0.05) is 39.7 Å². The summed E-state index contributed by atoms with van der Waals surface area (Å²) in [7, 11) is 0. The van der Waals surface area contributed by atoms with E-state index in [2.05, 4.69) is 20.7 Å². The van der Waals surface area contributed by atoms with E-state index in [-0.39, 0.29) is 11.7 Å². The maximum absolute atomic E-state index is 13.6. The molecule has 0 aliphatic heterocycles. The van der Waals surface area contributed by atoms with Crippen LogP contribution in [-0.4, -0.2) is 37.8 Å². The second kappa shape index (κ2) is 8.90. The number of rotatable bonds is 4. The molecule has 10 heteroatoms. The summed E-state index contributed by atoms with van der Waals surface area (Å²) in [6.45, 7) is 4.89. The van der Waals surface area contributed by atoms with Gasteiger partial charge in [0.15, 0.2) is 5.65 Å². The highest BCUT2D eigenvalue weighted by Gasteiger charge is 2.35. The monoisotopic (exact) mass is 475 g/mol. The van der Waals surface area contributed by atoms with Crippen molar-refractivity contribution in [2.24, 2.45) is 5.41 Å². The predicted molar refractivity (Wildman–Crippen MR) is 123 cm³/mol. The molecule has 2 unspecified atom stereocenters. The molecule has 1 fully saturated rings. The molecule has 2 heterocycles. The molecule has 0 spiro atoms. The van der Waals surface area contributed by atoms with Gasteiger partial charge < -0.3 is 15.7 Å².